The maximum Gasteiger partial charge on any atom is 0.251 e. The summed E-state index contributed by atoms with van der Waals surface area (Å²) in [4.78, 5) is 31.7. The van der Waals surface area contributed by atoms with Gasteiger partial charge in [0.05, 0.1) is 24.4 Å². The van der Waals surface area contributed by atoms with E-state index in [2.05, 4.69) is 15.3 Å². The summed E-state index contributed by atoms with van der Waals surface area (Å²) in [6.45, 7) is 3.67. The number of aromatic nitrogens is 2. The highest BCUT2D eigenvalue weighted by atomic mass is 19.1. The first-order valence-electron chi connectivity index (χ1n) is 9.96. The molecule has 2 N–H and O–H groups in total. The van der Waals surface area contributed by atoms with Gasteiger partial charge in [-0.25, -0.2) is 9.37 Å². The molecule has 4 rings (SSSR count). The quantitative estimate of drug-likeness (QED) is 0.496. The lowest BCUT2D eigenvalue weighted by Crippen LogP contribution is -2.31. The van der Waals surface area contributed by atoms with Crippen LogP contribution in [0.2, 0.25) is 0 Å². The van der Waals surface area contributed by atoms with Gasteiger partial charge in [-0.2, -0.15) is 0 Å². The lowest BCUT2D eigenvalue weighted by Gasteiger charge is -2.19. The fraction of sp³-hybridized carbons (Fsp3) is 0.208. The van der Waals surface area contributed by atoms with Crippen LogP contribution in [0.5, 0.6) is 0 Å². The summed E-state index contributed by atoms with van der Waals surface area (Å²) in [6.07, 6.45) is 2.03. The van der Waals surface area contributed by atoms with Gasteiger partial charge in [0.25, 0.3) is 5.56 Å². The van der Waals surface area contributed by atoms with Crippen molar-refractivity contribution < 1.29 is 13.6 Å². The van der Waals surface area contributed by atoms with Gasteiger partial charge in [-0.1, -0.05) is 24.3 Å². The van der Waals surface area contributed by atoms with E-state index in [1.165, 1.54) is 18.2 Å². The Morgan fingerprint density at radius 2 is 1.94 bits per heavy atom. The van der Waals surface area contributed by atoms with Crippen molar-refractivity contribution in [1.82, 2.24) is 15.3 Å². The van der Waals surface area contributed by atoms with Crippen molar-refractivity contribution in [1.29, 1.82) is 0 Å². The minimum Gasteiger partial charge on any atom is -0.464 e. The van der Waals surface area contributed by atoms with Crippen molar-refractivity contribution in [2.24, 2.45) is 0 Å². The van der Waals surface area contributed by atoms with Crippen molar-refractivity contribution in [2.75, 3.05) is 0 Å². The Labute approximate surface area is 178 Å². The van der Waals surface area contributed by atoms with Crippen molar-refractivity contribution >= 4 is 16.9 Å². The zero-order valence-corrected chi connectivity index (χ0v) is 17.2. The highest BCUT2D eigenvalue weighted by Gasteiger charge is 2.18. The van der Waals surface area contributed by atoms with E-state index in [4.69, 9.17) is 4.42 Å². The molecule has 0 saturated heterocycles. The summed E-state index contributed by atoms with van der Waals surface area (Å²) in [5.41, 5.74) is 3.61. The molecule has 7 heteroatoms. The second-order valence-corrected chi connectivity index (χ2v) is 7.64. The maximum atomic E-state index is 13.4. The smallest absolute Gasteiger partial charge is 0.251 e. The summed E-state index contributed by atoms with van der Waals surface area (Å²) in [7, 11) is 0. The van der Waals surface area contributed by atoms with E-state index in [0.717, 1.165) is 27.7 Å². The van der Waals surface area contributed by atoms with Crippen LogP contribution >= 0.6 is 0 Å². The molecule has 31 heavy (non-hydrogen) atoms. The van der Waals surface area contributed by atoms with Crippen molar-refractivity contribution in [3.63, 3.8) is 0 Å². The van der Waals surface area contributed by atoms with Gasteiger partial charge in [-0.3, -0.25) is 9.59 Å². The predicted octanol–water partition coefficient (Wildman–Crippen LogP) is 3.91. The minimum absolute atomic E-state index is 0.135. The van der Waals surface area contributed by atoms with Crippen LogP contribution in [0.25, 0.3) is 11.0 Å². The highest BCUT2D eigenvalue weighted by Crippen LogP contribution is 2.24. The van der Waals surface area contributed by atoms with Crippen molar-refractivity contribution in [3.05, 3.63) is 99.2 Å². The predicted molar refractivity (Wildman–Crippen MR) is 115 cm³/mol. The standard InChI is InChI=1S/C24H22FN3O3/c1-14-3-8-20-17(13-31-22(20)9-14)10-23(29)28-21(16-4-6-18(25)7-5-16)11-19-12-24(30)27-15(2)26-19/h3-9,12-13,21H,10-11H2,1-2H3,(H,28,29)(H,26,27,30)/t21-/m1/s1. The molecule has 2 aromatic carbocycles. The number of fused-ring (bicyclic) bond motifs is 1. The van der Waals surface area contributed by atoms with E-state index in [-0.39, 0.29) is 23.7 Å². The van der Waals surface area contributed by atoms with Crippen LogP contribution in [0.4, 0.5) is 4.39 Å². The summed E-state index contributed by atoms with van der Waals surface area (Å²) in [5, 5.41) is 3.89. The van der Waals surface area contributed by atoms with Crippen LogP contribution in [0, 0.1) is 19.7 Å². The van der Waals surface area contributed by atoms with Gasteiger partial charge in [0.15, 0.2) is 0 Å². The van der Waals surface area contributed by atoms with Crippen LogP contribution in [-0.2, 0) is 17.6 Å². The zero-order chi connectivity index (χ0) is 22.0. The molecule has 0 unspecified atom stereocenters. The Morgan fingerprint density at radius 1 is 1.16 bits per heavy atom. The first-order valence-corrected chi connectivity index (χ1v) is 9.96. The molecule has 0 radical (unpaired) electrons. The number of furan rings is 1. The summed E-state index contributed by atoms with van der Waals surface area (Å²) in [5.74, 6) is -0.0786. The topological polar surface area (TPSA) is 88.0 Å². The normalized spacial score (nSPS) is 12.1. The number of aryl methyl sites for hydroxylation is 2. The second-order valence-electron chi connectivity index (χ2n) is 7.64. The third kappa shape index (κ3) is 4.88. The fourth-order valence-electron chi connectivity index (χ4n) is 3.65. The minimum atomic E-state index is -0.470. The number of nitrogens with zero attached hydrogens (tertiary/aromatic N) is 1. The van der Waals surface area contributed by atoms with Gasteiger partial charge in [0.1, 0.15) is 17.2 Å². The lowest BCUT2D eigenvalue weighted by atomic mass is 10.0. The van der Waals surface area contributed by atoms with E-state index in [1.807, 2.05) is 25.1 Å². The van der Waals surface area contributed by atoms with Gasteiger partial charge in [-0.15, -0.1) is 0 Å². The molecule has 1 amide bonds. The average Bonchev–Trinajstić information content (AvgIpc) is 3.09. The first kappa shape index (κ1) is 20.5. The molecule has 0 fully saturated rings. The molecular formula is C24H22FN3O3. The van der Waals surface area contributed by atoms with Crippen LogP contribution in [0.3, 0.4) is 0 Å². The molecule has 0 aliphatic rings. The molecule has 0 aliphatic carbocycles. The average molecular weight is 419 g/mol. The van der Waals surface area contributed by atoms with Gasteiger partial charge < -0.3 is 14.7 Å². The van der Waals surface area contributed by atoms with Gasteiger partial charge in [0.2, 0.25) is 5.91 Å². The van der Waals surface area contributed by atoms with Gasteiger partial charge in [0, 0.05) is 23.4 Å². The number of hydrogen-bond donors (Lipinski definition) is 2. The van der Waals surface area contributed by atoms with E-state index in [0.29, 0.717) is 17.9 Å². The number of amides is 1. The molecule has 4 aromatic rings. The van der Waals surface area contributed by atoms with E-state index >= 15 is 0 Å². The molecule has 0 bridgehead atoms. The summed E-state index contributed by atoms with van der Waals surface area (Å²) >= 11 is 0. The van der Waals surface area contributed by atoms with E-state index in [9.17, 15) is 14.0 Å². The van der Waals surface area contributed by atoms with Crippen molar-refractivity contribution in [2.45, 2.75) is 32.7 Å². The largest absolute Gasteiger partial charge is 0.464 e. The summed E-state index contributed by atoms with van der Waals surface area (Å²) < 4.78 is 19.0. The SMILES string of the molecule is Cc1ccc2c(CC(=O)N[C@H](Cc3cc(=O)[nH]c(C)n3)c3ccc(F)cc3)coc2c1. The van der Waals surface area contributed by atoms with E-state index < -0.39 is 6.04 Å². The summed E-state index contributed by atoms with van der Waals surface area (Å²) in [6, 6.07) is 12.7. The molecule has 0 spiro atoms. The molecule has 158 valence electrons. The number of nitrogens with one attached hydrogen (secondary N) is 2. The Morgan fingerprint density at radius 3 is 2.68 bits per heavy atom. The Balaban J connectivity index is 1.57. The van der Waals surface area contributed by atoms with Crippen LogP contribution in [0.1, 0.15) is 34.3 Å². The number of benzene rings is 2. The molecule has 0 saturated carbocycles. The van der Waals surface area contributed by atoms with Crippen LogP contribution < -0.4 is 10.9 Å². The number of carbonyl (C=O) groups excluding carboxylic acids is 1. The third-order valence-corrected chi connectivity index (χ3v) is 5.10. The molecule has 0 aliphatic heterocycles. The van der Waals surface area contributed by atoms with Crippen LogP contribution in [-0.4, -0.2) is 15.9 Å². The first-order chi connectivity index (χ1) is 14.9. The Kier molecular flexibility index (Phi) is 5.66. The lowest BCUT2D eigenvalue weighted by molar-refractivity contribution is -0.121. The number of H-pyrrole nitrogens is 1. The zero-order valence-electron chi connectivity index (χ0n) is 17.2. The van der Waals surface area contributed by atoms with Gasteiger partial charge in [-0.05, 0) is 43.2 Å². The number of rotatable bonds is 6. The van der Waals surface area contributed by atoms with Gasteiger partial charge >= 0.3 is 0 Å². The fourth-order valence-corrected chi connectivity index (χ4v) is 3.65. The second kappa shape index (κ2) is 8.55. The Bertz CT molecular complexity index is 1290. The molecule has 6 nitrogen and oxygen atoms in total. The molecule has 2 heterocycles. The molecule has 2 aromatic heterocycles. The van der Waals surface area contributed by atoms with Crippen molar-refractivity contribution in [3.8, 4) is 0 Å². The number of halogens is 1. The molecular weight excluding hydrogens is 397 g/mol. The van der Waals surface area contributed by atoms with E-state index in [1.54, 1.807) is 25.3 Å². The third-order valence-electron chi connectivity index (χ3n) is 5.10. The Hall–Kier alpha value is -3.74. The number of hydrogen-bond acceptors (Lipinski definition) is 4. The van der Waals surface area contributed by atoms with Crippen LogP contribution in [0.15, 0.2) is 64.0 Å². The number of carbonyl (C=O) groups is 1. The number of aromatic amines is 1. The monoisotopic (exact) mass is 419 g/mol. The maximum absolute atomic E-state index is 13.4. The molecule has 1 atom stereocenters. The highest BCUT2D eigenvalue weighted by molar-refractivity contribution is 5.88.